The van der Waals surface area contributed by atoms with Crippen molar-refractivity contribution in [2.75, 3.05) is 32.7 Å². The maximum absolute atomic E-state index is 13.0. The number of sulfonamides is 1. The molecule has 186 valence electrons. The fourth-order valence-electron chi connectivity index (χ4n) is 4.39. The second-order valence-electron chi connectivity index (χ2n) is 9.32. The number of amides is 4. The van der Waals surface area contributed by atoms with Gasteiger partial charge >= 0.3 is 6.03 Å². The molecule has 4 amide bonds. The normalized spacial score (nSPS) is 21.5. The molecule has 2 aromatic rings. The molecule has 0 bridgehead atoms. The predicted molar refractivity (Wildman–Crippen MR) is 130 cm³/mol. The maximum atomic E-state index is 13.0. The molecule has 0 aliphatic carbocycles. The zero-order valence-corrected chi connectivity index (χ0v) is 20.9. The molecule has 2 aliphatic heterocycles. The minimum absolute atomic E-state index is 0.141. The van der Waals surface area contributed by atoms with Gasteiger partial charge in [-0.1, -0.05) is 56.3 Å². The molecule has 4 rings (SSSR count). The minimum Gasteiger partial charge on any atom is -0.338 e. The molecule has 2 aliphatic rings. The highest BCUT2D eigenvalue weighted by Gasteiger charge is 2.49. The first kappa shape index (κ1) is 24.9. The van der Waals surface area contributed by atoms with E-state index in [4.69, 9.17) is 0 Å². The number of hydrogen-bond donors (Lipinski definition) is 1. The molecule has 1 N–H and O–H groups in total. The van der Waals surface area contributed by atoms with E-state index in [-0.39, 0.29) is 31.1 Å². The number of urea groups is 1. The quantitative estimate of drug-likeness (QED) is 0.614. The topological polar surface area (TPSA) is 107 Å². The Bertz CT molecular complexity index is 1220. The van der Waals surface area contributed by atoms with Crippen molar-refractivity contribution in [3.8, 4) is 0 Å². The SMILES string of the molecule is CC(C)c1ccc(S(=O)(=O)N2CCN(C(=O)CN3C(=O)N[C@](C)(c4ccccc4)C3=O)CC2)cc1. The van der Waals surface area contributed by atoms with Crippen LogP contribution in [0.5, 0.6) is 0 Å². The molecule has 2 aromatic carbocycles. The number of nitrogens with zero attached hydrogens (tertiary/aromatic N) is 3. The average molecular weight is 499 g/mol. The molecule has 0 radical (unpaired) electrons. The van der Waals surface area contributed by atoms with E-state index in [9.17, 15) is 22.8 Å². The Morgan fingerprint density at radius 2 is 1.57 bits per heavy atom. The summed E-state index contributed by atoms with van der Waals surface area (Å²) in [5.41, 5.74) is 0.452. The van der Waals surface area contributed by atoms with Crippen LogP contribution in [0.1, 0.15) is 37.8 Å². The van der Waals surface area contributed by atoms with Gasteiger partial charge < -0.3 is 10.2 Å². The van der Waals surface area contributed by atoms with Gasteiger partial charge in [0.2, 0.25) is 15.9 Å². The van der Waals surface area contributed by atoms with Crippen LogP contribution < -0.4 is 5.32 Å². The van der Waals surface area contributed by atoms with Gasteiger partial charge in [0.25, 0.3) is 5.91 Å². The molecule has 10 heteroatoms. The Balaban J connectivity index is 1.38. The molecule has 0 spiro atoms. The van der Waals surface area contributed by atoms with Crippen LogP contribution in [0.4, 0.5) is 4.79 Å². The Hall–Kier alpha value is -3.24. The summed E-state index contributed by atoms with van der Waals surface area (Å²) in [4.78, 5) is 41.1. The lowest BCUT2D eigenvalue weighted by atomic mass is 9.92. The van der Waals surface area contributed by atoms with Crippen LogP contribution in [-0.2, 0) is 25.2 Å². The van der Waals surface area contributed by atoms with E-state index in [1.807, 2.05) is 32.0 Å². The molecule has 35 heavy (non-hydrogen) atoms. The van der Waals surface area contributed by atoms with Crippen LogP contribution in [0.15, 0.2) is 59.5 Å². The summed E-state index contributed by atoms with van der Waals surface area (Å²) in [6, 6.07) is 15.1. The van der Waals surface area contributed by atoms with Crippen molar-refractivity contribution in [3.05, 3.63) is 65.7 Å². The third-order valence-corrected chi connectivity index (χ3v) is 8.61. The van der Waals surface area contributed by atoms with Crippen molar-refractivity contribution >= 4 is 27.9 Å². The van der Waals surface area contributed by atoms with Crippen molar-refractivity contribution in [1.29, 1.82) is 0 Å². The van der Waals surface area contributed by atoms with Gasteiger partial charge in [0, 0.05) is 26.2 Å². The zero-order valence-electron chi connectivity index (χ0n) is 20.1. The average Bonchev–Trinajstić information content (AvgIpc) is 3.08. The maximum Gasteiger partial charge on any atom is 0.325 e. The van der Waals surface area contributed by atoms with Crippen molar-refractivity contribution in [2.45, 2.75) is 37.1 Å². The summed E-state index contributed by atoms with van der Waals surface area (Å²) < 4.78 is 27.4. The summed E-state index contributed by atoms with van der Waals surface area (Å²) in [6.45, 7) is 5.95. The molecular weight excluding hydrogens is 468 g/mol. The number of carbonyl (C=O) groups excluding carboxylic acids is 3. The molecule has 9 nitrogen and oxygen atoms in total. The number of imide groups is 1. The molecule has 2 saturated heterocycles. The Morgan fingerprint density at radius 3 is 2.14 bits per heavy atom. The zero-order chi connectivity index (χ0) is 25.4. The first-order valence-corrected chi connectivity index (χ1v) is 13.1. The summed E-state index contributed by atoms with van der Waals surface area (Å²) in [5.74, 6) is -0.589. The lowest BCUT2D eigenvalue weighted by Crippen LogP contribution is -2.53. The highest BCUT2D eigenvalue weighted by Crippen LogP contribution is 2.28. The van der Waals surface area contributed by atoms with E-state index in [0.717, 1.165) is 10.5 Å². The van der Waals surface area contributed by atoms with Crippen LogP contribution in [0, 0.1) is 0 Å². The van der Waals surface area contributed by atoms with Gasteiger partial charge in [-0.05, 0) is 36.1 Å². The first-order valence-electron chi connectivity index (χ1n) is 11.6. The van der Waals surface area contributed by atoms with E-state index in [0.29, 0.717) is 11.5 Å². The molecule has 2 fully saturated rings. The van der Waals surface area contributed by atoms with E-state index in [2.05, 4.69) is 5.32 Å². The highest BCUT2D eigenvalue weighted by molar-refractivity contribution is 7.89. The molecule has 2 heterocycles. The van der Waals surface area contributed by atoms with Crippen LogP contribution in [0.3, 0.4) is 0 Å². The van der Waals surface area contributed by atoms with Crippen molar-refractivity contribution in [1.82, 2.24) is 19.4 Å². The molecular formula is C25H30N4O5S. The number of hydrogen-bond acceptors (Lipinski definition) is 5. The van der Waals surface area contributed by atoms with Crippen LogP contribution in [0.2, 0.25) is 0 Å². The lowest BCUT2D eigenvalue weighted by molar-refractivity contribution is -0.139. The van der Waals surface area contributed by atoms with Gasteiger partial charge in [0.15, 0.2) is 0 Å². The first-order chi connectivity index (χ1) is 16.5. The van der Waals surface area contributed by atoms with Crippen molar-refractivity contribution < 1.29 is 22.8 Å². The summed E-state index contributed by atoms with van der Waals surface area (Å²) in [7, 11) is -3.67. The smallest absolute Gasteiger partial charge is 0.325 e. The van der Waals surface area contributed by atoms with Crippen LogP contribution in [-0.4, -0.2) is 73.1 Å². The fraction of sp³-hybridized carbons (Fsp3) is 0.400. The predicted octanol–water partition coefficient (Wildman–Crippen LogP) is 2.11. The second-order valence-corrected chi connectivity index (χ2v) is 11.3. The number of carbonyl (C=O) groups is 3. The van der Waals surface area contributed by atoms with E-state index < -0.39 is 40.0 Å². The minimum atomic E-state index is -3.67. The highest BCUT2D eigenvalue weighted by atomic mass is 32.2. The number of benzene rings is 2. The van der Waals surface area contributed by atoms with Crippen molar-refractivity contribution in [2.24, 2.45) is 0 Å². The standard InChI is InChI=1S/C25H30N4O5S/c1-18(2)19-9-11-21(12-10-19)35(33,34)28-15-13-27(14-16-28)22(30)17-29-23(31)25(3,26-24(29)32)20-7-5-4-6-8-20/h4-12,18H,13-17H2,1-3H3,(H,26,32)/t25-/m1/s1. The van der Waals surface area contributed by atoms with Gasteiger partial charge in [-0.15, -0.1) is 0 Å². The van der Waals surface area contributed by atoms with Crippen molar-refractivity contribution in [3.63, 3.8) is 0 Å². The third-order valence-electron chi connectivity index (χ3n) is 6.70. The molecule has 0 saturated carbocycles. The summed E-state index contributed by atoms with van der Waals surface area (Å²) in [6.07, 6.45) is 0. The van der Waals surface area contributed by atoms with Crippen LogP contribution >= 0.6 is 0 Å². The van der Waals surface area contributed by atoms with E-state index in [1.54, 1.807) is 43.3 Å². The number of rotatable bonds is 6. The number of piperazine rings is 1. The van der Waals surface area contributed by atoms with Gasteiger partial charge in [-0.3, -0.25) is 14.5 Å². The van der Waals surface area contributed by atoms with E-state index >= 15 is 0 Å². The Labute approximate surface area is 205 Å². The monoisotopic (exact) mass is 498 g/mol. The Kier molecular flexibility index (Phi) is 6.70. The molecule has 0 aromatic heterocycles. The summed E-state index contributed by atoms with van der Waals surface area (Å²) in [5, 5.41) is 2.69. The van der Waals surface area contributed by atoms with Gasteiger partial charge in [0.05, 0.1) is 4.90 Å². The molecule has 1 atom stereocenters. The third kappa shape index (κ3) is 4.68. The van der Waals surface area contributed by atoms with E-state index in [1.165, 1.54) is 9.21 Å². The molecule has 0 unspecified atom stereocenters. The number of nitrogens with one attached hydrogen (secondary N) is 1. The lowest BCUT2D eigenvalue weighted by Gasteiger charge is -2.34. The summed E-state index contributed by atoms with van der Waals surface area (Å²) >= 11 is 0. The fourth-order valence-corrected chi connectivity index (χ4v) is 5.82. The van der Waals surface area contributed by atoms with Crippen LogP contribution in [0.25, 0.3) is 0 Å². The largest absolute Gasteiger partial charge is 0.338 e. The second kappa shape index (κ2) is 9.43. The Morgan fingerprint density at radius 1 is 0.971 bits per heavy atom. The van der Waals surface area contributed by atoms with Gasteiger partial charge in [-0.25, -0.2) is 13.2 Å². The van der Waals surface area contributed by atoms with Gasteiger partial charge in [-0.2, -0.15) is 4.31 Å². The van der Waals surface area contributed by atoms with Gasteiger partial charge in [0.1, 0.15) is 12.1 Å².